The number of carboxylic acid groups (broad SMARTS) is 1. The van der Waals surface area contributed by atoms with Crippen molar-refractivity contribution < 1.29 is 14.7 Å². The monoisotopic (exact) mass is 286 g/mol. The van der Waals surface area contributed by atoms with E-state index in [2.05, 4.69) is 17.4 Å². The number of carbonyl (C=O) groups is 2. The first kappa shape index (κ1) is 16.2. The van der Waals surface area contributed by atoms with E-state index in [-0.39, 0.29) is 18.7 Å². The van der Waals surface area contributed by atoms with Crippen molar-refractivity contribution in [2.75, 3.05) is 5.43 Å². The average Bonchev–Trinajstić information content (AvgIpc) is 2.48. The lowest BCUT2D eigenvalue weighted by atomic mass is 10.2. The second kappa shape index (κ2) is 9.14. The molecule has 0 aliphatic heterocycles. The van der Waals surface area contributed by atoms with Crippen molar-refractivity contribution >= 4 is 23.6 Å². The Morgan fingerprint density at radius 1 is 1.19 bits per heavy atom. The van der Waals surface area contributed by atoms with Gasteiger partial charge in [0.1, 0.15) is 0 Å². The quantitative estimate of drug-likeness (QED) is 0.507. The van der Waals surface area contributed by atoms with Crippen molar-refractivity contribution in [2.45, 2.75) is 12.8 Å². The van der Waals surface area contributed by atoms with Gasteiger partial charge in [0, 0.05) is 6.42 Å². The molecule has 0 bridgehead atoms. The van der Waals surface area contributed by atoms with E-state index >= 15 is 0 Å². The van der Waals surface area contributed by atoms with Gasteiger partial charge in [-0.05, 0) is 17.7 Å². The van der Waals surface area contributed by atoms with E-state index in [0.29, 0.717) is 5.69 Å². The second-order valence-corrected chi connectivity index (χ2v) is 4.17. The van der Waals surface area contributed by atoms with Crippen molar-refractivity contribution in [2.24, 2.45) is 0 Å². The van der Waals surface area contributed by atoms with Crippen molar-refractivity contribution in [3.05, 3.63) is 60.7 Å². The summed E-state index contributed by atoms with van der Waals surface area (Å²) < 4.78 is 0. The van der Waals surface area contributed by atoms with Crippen molar-refractivity contribution in [3.8, 4) is 0 Å². The number of hydrogen-bond donors (Lipinski definition) is 3. The largest absolute Gasteiger partial charge is 0.481 e. The molecule has 0 aliphatic carbocycles. The highest BCUT2D eigenvalue weighted by atomic mass is 16.4. The lowest BCUT2D eigenvalue weighted by molar-refractivity contribution is -0.138. The number of allylic oxidation sites excluding steroid dienone is 4. The van der Waals surface area contributed by atoms with Crippen LogP contribution in [0.5, 0.6) is 0 Å². The molecule has 0 heterocycles. The van der Waals surface area contributed by atoms with Gasteiger partial charge in [-0.1, -0.05) is 49.1 Å². The lowest BCUT2D eigenvalue weighted by Crippen LogP contribution is -2.29. The molecule has 0 saturated heterocycles. The first-order chi connectivity index (χ1) is 10.1. The van der Waals surface area contributed by atoms with Gasteiger partial charge in [-0.3, -0.25) is 20.4 Å². The molecule has 5 nitrogen and oxygen atoms in total. The normalized spacial score (nSPS) is 10.7. The SMILES string of the molecule is C=C/C=C/C=C/c1cccc(NNC(=O)CCC(=O)O)c1. The van der Waals surface area contributed by atoms with Crippen LogP contribution in [0.4, 0.5) is 5.69 Å². The van der Waals surface area contributed by atoms with Crippen LogP contribution in [-0.2, 0) is 9.59 Å². The predicted octanol–water partition coefficient (Wildman–Crippen LogP) is 2.75. The maximum atomic E-state index is 11.4. The van der Waals surface area contributed by atoms with Crippen LogP contribution in [0, 0.1) is 0 Å². The van der Waals surface area contributed by atoms with Crippen LogP contribution in [-0.4, -0.2) is 17.0 Å². The molecule has 110 valence electrons. The highest BCUT2D eigenvalue weighted by molar-refractivity contribution is 5.81. The Morgan fingerprint density at radius 3 is 2.71 bits per heavy atom. The van der Waals surface area contributed by atoms with Crippen LogP contribution in [0.2, 0.25) is 0 Å². The molecule has 0 atom stereocenters. The Labute approximate surface area is 123 Å². The van der Waals surface area contributed by atoms with Gasteiger partial charge in [0.05, 0.1) is 12.1 Å². The van der Waals surface area contributed by atoms with Gasteiger partial charge in [-0.2, -0.15) is 0 Å². The fraction of sp³-hybridized carbons (Fsp3) is 0.125. The molecule has 3 N–H and O–H groups in total. The number of amides is 1. The molecule has 1 aromatic carbocycles. The molecular weight excluding hydrogens is 268 g/mol. The molecule has 0 aromatic heterocycles. The summed E-state index contributed by atoms with van der Waals surface area (Å²) in [6, 6.07) is 7.43. The van der Waals surface area contributed by atoms with Gasteiger partial charge >= 0.3 is 5.97 Å². The number of hydrogen-bond acceptors (Lipinski definition) is 3. The summed E-state index contributed by atoms with van der Waals surface area (Å²) in [7, 11) is 0. The highest BCUT2D eigenvalue weighted by Gasteiger charge is 2.04. The first-order valence-corrected chi connectivity index (χ1v) is 6.44. The summed E-state index contributed by atoms with van der Waals surface area (Å²) in [5, 5.41) is 8.48. The molecule has 0 radical (unpaired) electrons. The molecule has 0 spiro atoms. The Bertz CT molecular complexity index is 562. The Balaban J connectivity index is 2.50. The summed E-state index contributed by atoms with van der Waals surface area (Å²) in [4.78, 5) is 21.7. The fourth-order valence-electron chi connectivity index (χ4n) is 1.45. The van der Waals surface area contributed by atoms with E-state index in [1.807, 2.05) is 42.5 Å². The molecular formula is C16H18N2O3. The molecule has 1 amide bonds. The number of hydrazine groups is 1. The molecule has 1 aromatic rings. The standard InChI is InChI=1S/C16H18N2O3/c1-2-3-4-5-7-13-8-6-9-14(12-13)17-18-15(19)10-11-16(20)21/h2-9,12,17H,1,10-11H2,(H,18,19)(H,20,21)/b4-3+,7-5+. The number of carbonyl (C=O) groups excluding carboxylic acids is 1. The van der Waals surface area contributed by atoms with Crippen molar-refractivity contribution in [1.82, 2.24) is 5.43 Å². The summed E-state index contributed by atoms with van der Waals surface area (Å²) in [5.74, 6) is -1.36. The van der Waals surface area contributed by atoms with Crippen molar-refractivity contribution in [3.63, 3.8) is 0 Å². The van der Waals surface area contributed by atoms with E-state index in [4.69, 9.17) is 5.11 Å². The zero-order valence-corrected chi connectivity index (χ0v) is 11.6. The van der Waals surface area contributed by atoms with Gasteiger partial charge in [0.25, 0.3) is 0 Å². The Hall–Kier alpha value is -2.82. The zero-order chi connectivity index (χ0) is 15.5. The third-order valence-electron chi connectivity index (χ3n) is 2.45. The number of nitrogens with one attached hydrogen (secondary N) is 2. The molecule has 21 heavy (non-hydrogen) atoms. The maximum Gasteiger partial charge on any atom is 0.303 e. The molecule has 0 fully saturated rings. The summed E-state index contributed by atoms with van der Waals surface area (Å²) in [6.07, 6.45) is 8.92. The number of aliphatic carboxylic acids is 1. The minimum absolute atomic E-state index is 0.0612. The van der Waals surface area contributed by atoms with Crippen LogP contribution in [0.15, 0.2) is 55.1 Å². The molecule has 0 aliphatic rings. The minimum Gasteiger partial charge on any atom is -0.481 e. The summed E-state index contributed by atoms with van der Waals surface area (Å²) in [5.41, 5.74) is 6.89. The Kier molecular flexibility index (Phi) is 7.07. The van der Waals surface area contributed by atoms with Gasteiger partial charge < -0.3 is 5.11 Å². The van der Waals surface area contributed by atoms with Crippen LogP contribution in [0.3, 0.4) is 0 Å². The van der Waals surface area contributed by atoms with Gasteiger partial charge in [-0.15, -0.1) is 0 Å². The van der Waals surface area contributed by atoms with Crippen molar-refractivity contribution in [1.29, 1.82) is 0 Å². The summed E-state index contributed by atoms with van der Waals surface area (Å²) >= 11 is 0. The molecule has 0 saturated carbocycles. The van der Waals surface area contributed by atoms with E-state index in [9.17, 15) is 9.59 Å². The topological polar surface area (TPSA) is 78.4 Å². The number of benzene rings is 1. The van der Waals surface area contributed by atoms with Crippen LogP contribution in [0.25, 0.3) is 6.08 Å². The molecule has 5 heteroatoms. The van der Waals surface area contributed by atoms with E-state index in [1.165, 1.54) is 0 Å². The van der Waals surface area contributed by atoms with E-state index < -0.39 is 5.97 Å². The predicted molar refractivity (Wildman–Crippen MR) is 83.4 cm³/mol. The number of carboxylic acids is 1. The summed E-state index contributed by atoms with van der Waals surface area (Å²) in [6.45, 7) is 3.58. The van der Waals surface area contributed by atoms with Crippen LogP contribution in [0.1, 0.15) is 18.4 Å². The van der Waals surface area contributed by atoms with Gasteiger partial charge in [-0.25, -0.2) is 0 Å². The van der Waals surface area contributed by atoms with E-state index in [0.717, 1.165) is 5.56 Å². The smallest absolute Gasteiger partial charge is 0.303 e. The highest BCUT2D eigenvalue weighted by Crippen LogP contribution is 2.11. The fourth-order valence-corrected chi connectivity index (χ4v) is 1.45. The number of anilines is 1. The zero-order valence-electron chi connectivity index (χ0n) is 11.6. The molecule has 1 rings (SSSR count). The van der Waals surface area contributed by atoms with Gasteiger partial charge in [0.15, 0.2) is 0 Å². The number of rotatable bonds is 8. The maximum absolute atomic E-state index is 11.4. The van der Waals surface area contributed by atoms with Crippen LogP contribution >= 0.6 is 0 Å². The third kappa shape index (κ3) is 7.37. The van der Waals surface area contributed by atoms with E-state index in [1.54, 1.807) is 12.1 Å². The van der Waals surface area contributed by atoms with Crippen LogP contribution < -0.4 is 10.9 Å². The third-order valence-corrected chi connectivity index (χ3v) is 2.45. The second-order valence-electron chi connectivity index (χ2n) is 4.17. The molecule has 0 unspecified atom stereocenters. The minimum atomic E-state index is -0.995. The van der Waals surface area contributed by atoms with Gasteiger partial charge in [0.2, 0.25) is 5.91 Å². The first-order valence-electron chi connectivity index (χ1n) is 6.44. The lowest BCUT2D eigenvalue weighted by Gasteiger charge is -2.08. The Morgan fingerprint density at radius 2 is 2.00 bits per heavy atom. The average molecular weight is 286 g/mol.